The van der Waals surface area contributed by atoms with Crippen molar-refractivity contribution in [2.24, 2.45) is 0 Å². The van der Waals surface area contributed by atoms with Crippen LogP contribution in [-0.2, 0) is 4.79 Å². The van der Waals surface area contributed by atoms with E-state index in [-0.39, 0.29) is 0 Å². The Morgan fingerprint density at radius 3 is 2.42 bits per heavy atom. The Balaban J connectivity index is 4.06. The van der Waals surface area contributed by atoms with Crippen molar-refractivity contribution in [3.05, 3.63) is 0 Å². The van der Waals surface area contributed by atoms with Crippen LogP contribution in [0.25, 0.3) is 0 Å². The van der Waals surface area contributed by atoms with Crippen LogP contribution in [0.4, 0.5) is 0 Å². The van der Waals surface area contributed by atoms with E-state index in [1.165, 1.54) is 0 Å². The second-order valence-electron chi connectivity index (χ2n) is 2.54. The first-order valence-electron chi connectivity index (χ1n) is 3.68. The van der Waals surface area contributed by atoms with E-state index in [9.17, 15) is 4.79 Å². The topological polar surface area (TPSA) is 37.3 Å². The van der Waals surface area contributed by atoms with Crippen molar-refractivity contribution in [2.75, 3.05) is 0 Å². The lowest BCUT2D eigenvalue weighted by molar-refractivity contribution is -0.137. The van der Waals surface area contributed by atoms with Crippen molar-refractivity contribution in [1.82, 2.24) is 0 Å². The molecule has 2 nitrogen and oxygen atoms in total. The molecule has 0 bridgehead atoms. The lowest BCUT2D eigenvalue weighted by Crippen LogP contribution is -2.35. The Morgan fingerprint density at radius 1 is 1.58 bits per heavy atom. The van der Waals surface area contributed by atoms with Gasteiger partial charge in [0.2, 0.25) is 4.33 Å². The molecular formula is C7H11Cl3O2. The standard InChI is InChI=1S/C7H11Cl3O2/c1-2-3-4-5(8)7(9,10)6(11)12/h5H,2-4H2,1H3,(H,11,12). The van der Waals surface area contributed by atoms with Crippen LogP contribution in [0.3, 0.4) is 0 Å². The van der Waals surface area contributed by atoms with Crippen molar-refractivity contribution < 1.29 is 9.90 Å². The third-order valence-corrected chi connectivity index (χ3v) is 3.11. The molecule has 0 radical (unpaired) electrons. The van der Waals surface area contributed by atoms with Crippen LogP contribution in [-0.4, -0.2) is 20.8 Å². The highest BCUT2D eigenvalue weighted by molar-refractivity contribution is 6.60. The number of hydrogen-bond donors (Lipinski definition) is 1. The summed E-state index contributed by atoms with van der Waals surface area (Å²) >= 11 is 16.7. The fourth-order valence-corrected chi connectivity index (χ4v) is 1.16. The van der Waals surface area contributed by atoms with Crippen LogP contribution in [0.5, 0.6) is 0 Å². The molecule has 0 aromatic rings. The monoisotopic (exact) mass is 232 g/mol. The van der Waals surface area contributed by atoms with Gasteiger partial charge in [0.15, 0.2) is 0 Å². The number of halogens is 3. The molecule has 0 rings (SSSR count). The zero-order chi connectivity index (χ0) is 9.78. The molecular weight excluding hydrogens is 222 g/mol. The Morgan fingerprint density at radius 2 is 2.08 bits per heavy atom. The second kappa shape index (κ2) is 5.15. The van der Waals surface area contributed by atoms with Crippen LogP contribution in [0.2, 0.25) is 0 Å². The molecule has 0 saturated carbocycles. The zero-order valence-electron chi connectivity index (χ0n) is 6.69. The molecule has 1 N–H and O–H groups in total. The van der Waals surface area contributed by atoms with Crippen LogP contribution in [0.1, 0.15) is 26.2 Å². The number of aliphatic carboxylic acids is 1. The van der Waals surface area contributed by atoms with Crippen LogP contribution in [0, 0.1) is 0 Å². The van der Waals surface area contributed by atoms with Crippen molar-refractivity contribution in [3.8, 4) is 0 Å². The molecule has 0 amide bonds. The minimum Gasteiger partial charge on any atom is -0.479 e. The number of carbonyl (C=O) groups is 1. The molecule has 0 heterocycles. The van der Waals surface area contributed by atoms with Gasteiger partial charge in [-0.05, 0) is 6.42 Å². The normalized spacial score (nSPS) is 14.3. The number of alkyl halides is 3. The summed E-state index contributed by atoms with van der Waals surface area (Å²) < 4.78 is -1.86. The molecule has 0 spiro atoms. The molecule has 0 saturated heterocycles. The Labute approximate surface area is 86.8 Å². The predicted molar refractivity (Wildman–Crippen MR) is 51.2 cm³/mol. The SMILES string of the molecule is CCCCC(Cl)C(Cl)(Cl)C(=O)O. The van der Waals surface area contributed by atoms with Gasteiger partial charge in [-0.2, -0.15) is 0 Å². The van der Waals surface area contributed by atoms with E-state index in [1.54, 1.807) is 0 Å². The molecule has 0 aliphatic heterocycles. The molecule has 0 aromatic carbocycles. The summed E-state index contributed by atoms with van der Waals surface area (Å²) in [4.78, 5) is 10.5. The van der Waals surface area contributed by atoms with Gasteiger partial charge < -0.3 is 5.11 Å². The summed E-state index contributed by atoms with van der Waals surface area (Å²) in [6.07, 6.45) is 2.27. The van der Waals surface area contributed by atoms with Crippen molar-refractivity contribution >= 4 is 40.8 Å². The van der Waals surface area contributed by atoms with E-state index in [0.717, 1.165) is 12.8 Å². The van der Waals surface area contributed by atoms with E-state index >= 15 is 0 Å². The van der Waals surface area contributed by atoms with Gasteiger partial charge in [0, 0.05) is 0 Å². The Bertz CT molecular complexity index is 159. The molecule has 0 fully saturated rings. The quantitative estimate of drug-likeness (QED) is 0.741. The summed E-state index contributed by atoms with van der Waals surface area (Å²) in [7, 11) is 0. The lowest BCUT2D eigenvalue weighted by atomic mass is 10.1. The minimum atomic E-state index is -1.86. The third-order valence-electron chi connectivity index (χ3n) is 1.49. The summed E-state index contributed by atoms with van der Waals surface area (Å²) in [6.45, 7) is 1.98. The third kappa shape index (κ3) is 3.38. The first-order valence-corrected chi connectivity index (χ1v) is 4.87. The number of carboxylic acids is 1. The van der Waals surface area contributed by atoms with Gasteiger partial charge in [-0.1, -0.05) is 43.0 Å². The average molecular weight is 234 g/mol. The van der Waals surface area contributed by atoms with Gasteiger partial charge in [0.1, 0.15) is 0 Å². The average Bonchev–Trinajstić information content (AvgIpc) is 1.99. The Hall–Kier alpha value is 0.340. The number of unbranched alkanes of at least 4 members (excludes halogenated alkanes) is 1. The largest absolute Gasteiger partial charge is 0.479 e. The molecule has 0 aromatic heterocycles. The Kier molecular flexibility index (Phi) is 5.30. The number of rotatable bonds is 5. The van der Waals surface area contributed by atoms with Crippen molar-refractivity contribution in [1.29, 1.82) is 0 Å². The fraction of sp³-hybridized carbons (Fsp3) is 0.857. The zero-order valence-corrected chi connectivity index (χ0v) is 8.96. The highest BCUT2D eigenvalue weighted by Gasteiger charge is 2.41. The minimum absolute atomic E-state index is 0.511. The fourth-order valence-electron chi connectivity index (χ4n) is 0.699. The van der Waals surface area contributed by atoms with Gasteiger partial charge in [-0.15, -0.1) is 11.6 Å². The van der Waals surface area contributed by atoms with Crippen LogP contribution < -0.4 is 0 Å². The van der Waals surface area contributed by atoms with Gasteiger partial charge >= 0.3 is 5.97 Å². The van der Waals surface area contributed by atoms with Gasteiger partial charge in [-0.25, -0.2) is 4.79 Å². The van der Waals surface area contributed by atoms with Gasteiger partial charge in [0.05, 0.1) is 5.38 Å². The highest BCUT2D eigenvalue weighted by atomic mass is 35.5. The predicted octanol–water partition coefficient (Wildman–Crippen LogP) is 3.04. The van der Waals surface area contributed by atoms with E-state index in [4.69, 9.17) is 39.9 Å². The highest BCUT2D eigenvalue weighted by Crippen LogP contribution is 2.32. The molecule has 1 unspecified atom stereocenters. The van der Waals surface area contributed by atoms with Crippen molar-refractivity contribution in [3.63, 3.8) is 0 Å². The lowest BCUT2D eigenvalue weighted by Gasteiger charge is -2.19. The van der Waals surface area contributed by atoms with E-state index in [1.807, 2.05) is 6.92 Å². The molecule has 0 aliphatic rings. The van der Waals surface area contributed by atoms with E-state index in [0.29, 0.717) is 6.42 Å². The number of hydrogen-bond acceptors (Lipinski definition) is 1. The first kappa shape index (κ1) is 12.3. The van der Waals surface area contributed by atoms with Gasteiger partial charge in [-0.3, -0.25) is 0 Å². The summed E-state index contributed by atoms with van der Waals surface area (Å²) in [5.41, 5.74) is 0. The van der Waals surface area contributed by atoms with E-state index in [2.05, 4.69) is 0 Å². The maximum absolute atomic E-state index is 10.5. The summed E-state index contributed by atoms with van der Waals surface area (Å²) in [5, 5.41) is 7.82. The van der Waals surface area contributed by atoms with Crippen LogP contribution in [0.15, 0.2) is 0 Å². The molecule has 1 atom stereocenters. The summed E-state index contributed by atoms with van der Waals surface area (Å²) in [6, 6.07) is 0. The second-order valence-corrected chi connectivity index (χ2v) is 4.45. The molecule has 72 valence electrons. The maximum atomic E-state index is 10.5. The number of carboxylic acid groups (broad SMARTS) is 1. The molecule has 12 heavy (non-hydrogen) atoms. The summed E-state index contributed by atoms with van der Waals surface area (Å²) in [5.74, 6) is -1.29. The van der Waals surface area contributed by atoms with E-state index < -0.39 is 15.7 Å². The van der Waals surface area contributed by atoms with Crippen LogP contribution >= 0.6 is 34.8 Å². The van der Waals surface area contributed by atoms with Gasteiger partial charge in [0.25, 0.3) is 0 Å². The molecule has 0 aliphatic carbocycles. The smallest absolute Gasteiger partial charge is 0.341 e. The van der Waals surface area contributed by atoms with Crippen molar-refractivity contribution in [2.45, 2.75) is 35.9 Å². The first-order chi connectivity index (χ1) is 5.42. The molecule has 5 heteroatoms. The maximum Gasteiger partial charge on any atom is 0.341 e.